The van der Waals surface area contributed by atoms with Gasteiger partial charge in [-0.05, 0) is 17.3 Å². The molecule has 0 aliphatic carbocycles. The molecule has 1 atom stereocenters. The molecular formula is C7H4FNO3S. The second-order valence-electron chi connectivity index (χ2n) is 2.24. The average Bonchev–Trinajstić information content (AvgIpc) is 2.53. The van der Waals surface area contributed by atoms with Crippen molar-refractivity contribution in [2.24, 2.45) is 5.16 Å². The van der Waals surface area contributed by atoms with Crippen molar-refractivity contribution >= 4 is 17.3 Å². The maximum atomic E-state index is 13.1. The first kappa shape index (κ1) is 8.18. The van der Waals surface area contributed by atoms with E-state index >= 15 is 0 Å². The predicted molar refractivity (Wildman–Crippen MR) is 43.2 cm³/mol. The molecule has 2 rings (SSSR count). The van der Waals surface area contributed by atoms with Gasteiger partial charge in [-0.2, -0.15) is 4.21 Å². The van der Waals surface area contributed by atoms with E-state index in [1.54, 1.807) is 6.07 Å². The molecule has 1 aliphatic rings. The van der Waals surface area contributed by atoms with Crippen LogP contribution in [0.15, 0.2) is 29.4 Å². The summed E-state index contributed by atoms with van der Waals surface area (Å²) in [7, 11) is 0. The number of halogens is 1. The van der Waals surface area contributed by atoms with Crippen LogP contribution in [0.25, 0.3) is 0 Å². The second kappa shape index (κ2) is 3.14. The number of hydrogen-bond donors (Lipinski definition) is 0. The smallest absolute Gasteiger partial charge is 0.345 e. The molecule has 0 amide bonds. The van der Waals surface area contributed by atoms with E-state index in [-0.39, 0.29) is 11.5 Å². The molecule has 13 heavy (non-hydrogen) atoms. The van der Waals surface area contributed by atoms with Gasteiger partial charge >= 0.3 is 11.4 Å². The van der Waals surface area contributed by atoms with Crippen molar-refractivity contribution < 1.29 is 17.1 Å². The average molecular weight is 201 g/mol. The minimum Gasteiger partial charge on any atom is -0.345 e. The summed E-state index contributed by atoms with van der Waals surface area (Å²) >= 11 is -1.93. The van der Waals surface area contributed by atoms with Gasteiger partial charge in [0.1, 0.15) is 5.82 Å². The van der Waals surface area contributed by atoms with Gasteiger partial charge in [0.05, 0.1) is 5.56 Å². The van der Waals surface area contributed by atoms with Crippen molar-refractivity contribution in [1.82, 2.24) is 0 Å². The van der Waals surface area contributed by atoms with Gasteiger partial charge in [-0.1, -0.05) is 12.1 Å². The normalized spacial score (nSPS) is 20.4. The predicted octanol–water partition coefficient (Wildman–Crippen LogP) is 1.11. The Bertz CT molecular complexity index is 393. The second-order valence-corrected chi connectivity index (χ2v) is 2.96. The van der Waals surface area contributed by atoms with E-state index in [0.717, 1.165) is 0 Å². The molecule has 0 radical (unpaired) electrons. The number of benzene rings is 1. The first-order valence-electron chi connectivity index (χ1n) is 3.38. The third kappa shape index (κ3) is 1.52. The van der Waals surface area contributed by atoms with Gasteiger partial charge in [-0.3, -0.25) is 4.28 Å². The Morgan fingerprint density at radius 2 is 2.15 bits per heavy atom. The summed E-state index contributed by atoms with van der Waals surface area (Å²) in [5.41, 5.74) is 0.133. The van der Waals surface area contributed by atoms with E-state index in [4.69, 9.17) is 0 Å². The molecule has 6 heteroatoms. The Hall–Kier alpha value is -1.43. The first-order valence-corrected chi connectivity index (χ1v) is 4.38. The molecule has 4 nitrogen and oxygen atoms in total. The molecule has 68 valence electrons. The Balaban J connectivity index is 2.37. The van der Waals surface area contributed by atoms with Crippen molar-refractivity contribution in [3.05, 3.63) is 35.6 Å². The largest absolute Gasteiger partial charge is 0.441 e. The van der Waals surface area contributed by atoms with Crippen LogP contribution >= 0.6 is 0 Å². The zero-order chi connectivity index (χ0) is 9.26. The van der Waals surface area contributed by atoms with E-state index in [2.05, 4.69) is 13.6 Å². The minimum atomic E-state index is -1.93. The van der Waals surface area contributed by atoms with Crippen LogP contribution in [0.4, 0.5) is 4.39 Å². The topological polar surface area (TPSA) is 47.9 Å². The molecule has 0 saturated heterocycles. The van der Waals surface area contributed by atoms with Crippen molar-refractivity contribution in [3.8, 4) is 0 Å². The summed E-state index contributed by atoms with van der Waals surface area (Å²) in [5, 5.41) is 3.30. The van der Waals surface area contributed by atoms with Crippen LogP contribution in [0.1, 0.15) is 5.56 Å². The Kier molecular flexibility index (Phi) is 1.97. The standard InChI is InChI=1S/C7H4FNO3S/c8-6-4-2-1-3-5(6)7-9-12-13(10)11-7/h1-4H. The molecular weight excluding hydrogens is 197 g/mol. The quantitative estimate of drug-likeness (QED) is 0.683. The first-order chi connectivity index (χ1) is 6.27. The van der Waals surface area contributed by atoms with E-state index < -0.39 is 17.2 Å². The third-order valence-corrected chi connectivity index (χ3v) is 1.92. The van der Waals surface area contributed by atoms with Crippen molar-refractivity contribution in [2.45, 2.75) is 0 Å². The van der Waals surface area contributed by atoms with Crippen LogP contribution in [0.2, 0.25) is 0 Å². The van der Waals surface area contributed by atoms with E-state index in [9.17, 15) is 8.60 Å². The number of nitrogens with zero attached hydrogens (tertiary/aromatic N) is 1. The maximum Gasteiger partial charge on any atom is 0.441 e. The molecule has 0 aromatic heterocycles. The molecule has 0 fully saturated rings. The molecule has 1 unspecified atom stereocenters. The van der Waals surface area contributed by atoms with Gasteiger partial charge < -0.3 is 4.18 Å². The Morgan fingerprint density at radius 3 is 2.77 bits per heavy atom. The van der Waals surface area contributed by atoms with Gasteiger partial charge in [-0.25, -0.2) is 4.39 Å². The fourth-order valence-electron chi connectivity index (χ4n) is 0.888. The van der Waals surface area contributed by atoms with Crippen molar-refractivity contribution in [3.63, 3.8) is 0 Å². The fourth-order valence-corrected chi connectivity index (χ4v) is 1.30. The van der Waals surface area contributed by atoms with Crippen molar-refractivity contribution in [2.75, 3.05) is 0 Å². The third-order valence-electron chi connectivity index (χ3n) is 1.43. The van der Waals surface area contributed by atoms with Crippen molar-refractivity contribution in [1.29, 1.82) is 0 Å². The molecule has 0 spiro atoms. The van der Waals surface area contributed by atoms with E-state index in [0.29, 0.717) is 0 Å². The summed E-state index contributed by atoms with van der Waals surface area (Å²) in [6.07, 6.45) is 0. The van der Waals surface area contributed by atoms with Gasteiger partial charge in [0.2, 0.25) is 0 Å². The highest BCUT2D eigenvalue weighted by atomic mass is 32.2. The number of oxime groups is 1. The zero-order valence-electron chi connectivity index (χ0n) is 6.27. The monoisotopic (exact) mass is 201 g/mol. The highest BCUT2D eigenvalue weighted by Crippen LogP contribution is 2.14. The lowest BCUT2D eigenvalue weighted by Crippen LogP contribution is -2.03. The number of rotatable bonds is 1. The molecule has 0 N–H and O–H groups in total. The van der Waals surface area contributed by atoms with E-state index in [1.807, 2.05) is 0 Å². The highest BCUT2D eigenvalue weighted by molar-refractivity contribution is 7.75. The van der Waals surface area contributed by atoms with Crippen LogP contribution < -0.4 is 0 Å². The molecule has 1 heterocycles. The summed E-state index contributed by atoms with van der Waals surface area (Å²) < 4.78 is 32.5. The van der Waals surface area contributed by atoms with E-state index in [1.165, 1.54) is 18.2 Å². The lowest BCUT2D eigenvalue weighted by Gasteiger charge is -1.97. The summed E-state index contributed by atoms with van der Waals surface area (Å²) in [5.74, 6) is -0.597. The number of hydrogen-bond acceptors (Lipinski definition) is 4. The molecule has 1 aliphatic heterocycles. The van der Waals surface area contributed by atoms with Crippen LogP contribution in [-0.2, 0) is 19.8 Å². The summed E-state index contributed by atoms with van der Waals surface area (Å²) in [4.78, 5) is 0. The lowest BCUT2D eigenvalue weighted by molar-refractivity contribution is 0.371. The highest BCUT2D eigenvalue weighted by Gasteiger charge is 2.21. The Morgan fingerprint density at radius 1 is 1.38 bits per heavy atom. The molecule has 1 aromatic rings. The lowest BCUT2D eigenvalue weighted by atomic mass is 10.2. The zero-order valence-corrected chi connectivity index (χ0v) is 7.08. The minimum absolute atomic E-state index is 0.101. The van der Waals surface area contributed by atoms with Gasteiger partial charge in [0.25, 0.3) is 5.90 Å². The molecule has 0 saturated carbocycles. The Labute approximate surface area is 75.8 Å². The van der Waals surface area contributed by atoms with Crippen LogP contribution in [0, 0.1) is 5.82 Å². The van der Waals surface area contributed by atoms with Gasteiger partial charge in [0, 0.05) is 0 Å². The van der Waals surface area contributed by atoms with Gasteiger partial charge in [0.15, 0.2) is 0 Å². The van der Waals surface area contributed by atoms with Gasteiger partial charge in [-0.15, -0.1) is 0 Å². The van der Waals surface area contributed by atoms with Crippen LogP contribution in [0.3, 0.4) is 0 Å². The van der Waals surface area contributed by atoms with Crippen LogP contribution in [0.5, 0.6) is 0 Å². The SMILES string of the molecule is O=S1ON=C(c2ccccc2F)O1. The molecule has 0 bridgehead atoms. The fraction of sp³-hybridized carbons (Fsp3) is 0. The summed E-state index contributed by atoms with van der Waals surface area (Å²) in [6, 6.07) is 5.86. The molecule has 1 aromatic carbocycles. The maximum absolute atomic E-state index is 13.1. The van der Waals surface area contributed by atoms with Crippen LogP contribution in [-0.4, -0.2) is 10.1 Å². The summed E-state index contributed by atoms with van der Waals surface area (Å²) in [6.45, 7) is 0.